The van der Waals surface area contributed by atoms with Crippen molar-refractivity contribution in [3.05, 3.63) is 0 Å². The average molecular weight is 175 g/mol. The number of nitrogens with one attached hydrogen (secondary N) is 1. The van der Waals surface area contributed by atoms with Crippen LogP contribution >= 0.6 is 0 Å². The van der Waals surface area contributed by atoms with Gasteiger partial charge in [-0.25, -0.2) is 4.79 Å². The van der Waals surface area contributed by atoms with Gasteiger partial charge in [-0.2, -0.15) is 0 Å². The van der Waals surface area contributed by atoms with Crippen molar-refractivity contribution in [2.24, 2.45) is 5.92 Å². The largest absolute Gasteiger partial charge is 0.447 e. The molecule has 0 aliphatic heterocycles. The van der Waals surface area contributed by atoms with Crippen molar-refractivity contribution >= 4 is 6.09 Å². The summed E-state index contributed by atoms with van der Waals surface area (Å²) in [6.45, 7) is 6.20. The van der Waals surface area contributed by atoms with Crippen molar-refractivity contribution in [2.75, 3.05) is 13.2 Å². The summed E-state index contributed by atoms with van der Waals surface area (Å²) in [6.07, 6.45) is -1.07. The lowest BCUT2D eigenvalue weighted by Gasteiger charge is -2.09. The van der Waals surface area contributed by atoms with Crippen LogP contribution in [0.3, 0.4) is 0 Å². The van der Waals surface area contributed by atoms with Crippen molar-refractivity contribution in [3.8, 4) is 0 Å². The Morgan fingerprint density at radius 3 is 2.50 bits per heavy atom. The Balaban J connectivity index is 3.34. The van der Waals surface area contributed by atoms with Crippen LogP contribution in [-0.2, 0) is 4.74 Å². The first-order valence-electron chi connectivity index (χ1n) is 4.11. The van der Waals surface area contributed by atoms with Crippen LogP contribution in [0.2, 0.25) is 0 Å². The molecule has 0 unspecified atom stereocenters. The summed E-state index contributed by atoms with van der Waals surface area (Å²) in [5, 5.41) is 11.3. The van der Waals surface area contributed by atoms with E-state index < -0.39 is 12.2 Å². The van der Waals surface area contributed by atoms with Crippen LogP contribution in [0.5, 0.6) is 0 Å². The molecule has 0 radical (unpaired) electrons. The molecule has 12 heavy (non-hydrogen) atoms. The molecule has 1 atom stereocenters. The molecule has 0 aromatic heterocycles. The highest BCUT2D eigenvalue weighted by Crippen LogP contribution is 1.89. The fraction of sp³-hybridized carbons (Fsp3) is 0.875. The summed E-state index contributed by atoms with van der Waals surface area (Å²) in [6, 6.07) is 0. The molecule has 0 aliphatic carbocycles. The number of aliphatic hydroxyl groups excluding tert-OH is 1. The van der Waals surface area contributed by atoms with Gasteiger partial charge in [0.05, 0.1) is 6.10 Å². The number of hydrogen-bond acceptors (Lipinski definition) is 3. The molecule has 0 rings (SSSR count). The number of rotatable bonds is 4. The van der Waals surface area contributed by atoms with Gasteiger partial charge in [-0.1, -0.05) is 13.8 Å². The second-order valence-electron chi connectivity index (χ2n) is 3.22. The monoisotopic (exact) mass is 175 g/mol. The van der Waals surface area contributed by atoms with E-state index >= 15 is 0 Å². The van der Waals surface area contributed by atoms with E-state index in [1.807, 2.05) is 13.8 Å². The number of ether oxygens (including phenoxy) is 1. The lowest BCUT2D eigenvalue weighted by atomic mass is 10.2. The van der Waals surface area contributed by atoms with Crippen LogP contribution in [0, 0.1) is 5.92 Å². The Morgan fingerprint density at radius 2 is 2.08 bits per heavy atom. The molecule has 72 valence electrons. The standard InChI is InChI=1S/C8H17NO3/c1-6(2)4-9-8(11)12-5-7(3)10/h6-7,10H,4-5H2,1-3H3,(H,9,11)/t7-/m0/s1. The highest BCUT2D eigenvalue weighted by Gasteiger charge is 2.03. The quantitative estimate of drug-likeness (QED) is 0.662. The van der Waals surface area contributed by atoms with E-state index in [-0.39, 0.29) is 6.61 Å². The Labute approximate surface area is 72.9 Å². The molecule has 4 nitrogen and oxygen atoms in total. The van der Waals surface area contributed by atoms with Crippen molar-refractivity contribution < 1.29 is 14.6 Å². The van der Waals surface area contributed by atoms with Gasteiger partial charge >= 0.3 is 6.09 Å². The number of carbonyl (C=O) groups is 1. The van der Waals surface area contributed by atoms with Crippen molar-refractivity contribution in [2.45, 2.75) is 26.9 Å². The van der Waals surface area contributed by atoms with E-state index in [0.29, 0.717) is 12.5 Å². The molecular formula is C8H17NO3. The molecular weight excluding hydrogens is 158 g/mol. The third-order valence-electron chi connectivity index (χ3n) is 1.11. The maximum atomic E-state index is 10.8. The summed E-state index contributed by atoms with van der Waals surface area (Å²) in [5.74, 6) is 0.407. The molecule has 0 saturated carbocycles. The van der Waals surface area contributed by atoms with Crippen molar-refractivity contribution in [1.82, 2.24) is 5.32 Å². The van der Waals surface area contributed by atoms with Crippen LogP contribution in [0.15, 0.2) is 0 Å². The van der Waals surface area contributed by atoms with Crippen molar-refractivity contribution in [3.63, 3.8) is 0 Å². The maximum absolute atomic E-state index is 10.8. The van der Waals surface area contributed by atoms with E-state index in [2.05, 4.69) is 10.1 Å². The molecule has 0 heterocycles. The van der Waals surface area contributed by atoms with E-state index in [1.54, 1.807) is 6.92 Å². The zero-order valence-corrected chi connectivity index (χ0v) is 7.83. The Hall–Kier alpha value is -0.770. The first-order valence-corrected chi connectivity index (χ1v) is 4.11. The van der Waals surface area contributed by atoms with E-state index in [0.717, 1.165) is 0 Å². The Kier molecular flexibility index (Phi) is 5.45. The highest BCUT2D eigenvalue weighted by atomic mass is 16.6. The summed E-state index contributed by atoms with van der Waals surface area (Å²) in [4.78, 5) is 10.8. The Bertz CT molecular complexity index is 120. The third kappa shape index (κ3) is 7.34. The molecule has 0 aromatic carbocycles. The van der Waals surface area contributed by atoms with E-state index in [4.69, 9.17) is 5.11 Å². The minimum Gasteiger partial charge on any atom is -0.447 e. The predicted molar refractivity (Wildman–Crippen MR) is 45.9 cm³/mol. The molecule has 0 spiro atoms. The first-order chi connectivity index (χ1) is 5.52. The van der Waals surface area contributed by atoms with Gasteiger partial charge in [0.15, 0.2) is 0 Å². The molecule has 0 bridgehead atoms. The third-order valence-corrected chi connectivity index (χ3v) is 1.11. The van der Waals surface area contributed by atoms with Crippen LogP contribution in [0.4, 0.5) is 4.79 Å². The van der Waals surface area contributed by atoms with Gasteiger partial charge in [-0.3, -0.25) is 0 Å². The van der Waals surface area contributed by atoms with Crippen molar-refractivity contribution in [1.29, 1.82) is 0 Å². The molecule has 1 amide bonds. The summed E-state index contributed by atoms with van der Waals surface area (Å²) in [7, 11) is 0. The van der Waals surface area contributed by atoms with Gasteiger partial charge in [-0.15, -0.1) is 0 Å². The number of aliphatic hydroxyl groups is 1. The summed E-state index contributed by atoms with van der Waals surface area (Å²) in [5.41, 5.74) is 0. The predicted octanol–water partition coefficient (Wildman–Crippen LogP) is 0.749. The molecule has 0 saturated heterocycles. The van der Waals surface area contributed by atoms with Crippen LogP contribution in [0.1, 0.15) is 20.8 Å². The number of hydrogen-bond donors (Lipinski definition) is 2. The zero-order valence-electron chi connectivity index (χ0n) is 7.83. The molecule has 0 aliphatic rings. The van der Waals surface area contributed by atoms with E-state index in [9.17, 15) is 4.79 Å². The Morgan fingerprint density at radius 1 is 1.50 bits per heavy atom. The van der Waals surface area contributed by atoms with Gasteiger partial charge < -0.3 is 15.2 Å². The molecule has 0 aromatic rings. The van der Waals surface area contributed by atoms with Gasteiger partial charge in [0.2, 0.25) is 0 Å². The summed E-state index contributed by atoms with van der Waals surface area (Å²) >= 11 is 0. The van der Waals surface area contributed by atoms with E-state index in [1.165, 1.54) is 0 Å². The molecule has 4 heteroatoms. The summed E-state index contributed by atoms with van der Waals surface area (Å²) < 4.78 is 4.65. The minimum atomic E-state index is -0.602. The zero-order chi connectivity index (χ0) is 9.56. The number of amides is 1. The topological polar surface area (TPSA) is 58.6 Å². The number of carbonyl (C=O) groups excluding carboxylic acids is 1. The lowest BCUT2D eigenvalue weighted by molar-refractivity contribution is 0.0776. The fourth-order valence-electron chi connectivity index (χ4n) is 0.535. The molecule has 0 fully saturated rings. The maximum Gasteiger partial charge on any atom is 0.407 e. The second-order valence-corrected chi connectivity index (χ2v) is 3.22. The second kappa shape index (κ2) is 5.83. The van der Waals surface area contributed by atoms with Crippen LogP contribution in [0.25, 0.3) is 0 Å². The minimum absolute atomic E-state index is 0.0456. The highest BCUT2D eigenvalue weighted by molar-refractivity contribution is 5.67. The average Bonchev–Trinajstić information content (AvgIpc) is 1.96. The first kappa shape index (κ1) is 11.2. The smallest absolute Gasteiger partial charge is 0.407 e. The SMILES string of the molecule is CC(C)CNC(=O)OC[C@H](C)O. The lowest BCUT2D eigenvalue weighted by Crippen LogP contribution is -2.30. The van der Waals surface area contributed by atoms with Crippen LogP contribution < -0.4 is 5.32 Å². The van der Waals surface area contributed by atoms with Crippen LogP contribution in [-0.4, -0.2) is 30.5 Å². The number of alkyl carbamates (subject to hydrolysis) is 1. The van der Waals surface area contributed by atoms with Gasteiger partial charge in [0, 0.05) is 6.54 Å². The molecule has 2 N–H and O–H groups in total. The van der Waals surface area contributed by atoms with Gasteiger partial charge in [0.25, 0.3) is 0 Å². The van der Waals surface area contributed by atoms with Gasteiger partial charge in [0.1, 0.15) is 6.61 Å². The normalized spacial score (nSPS) is 12.8. The van der Waals surface area contributed by atoms with Gasteiger partial charge in [-0.05, 0) is 12.8 Å². The fourth-order valence-corrected chi connectivity index (χ4v) is 0.535.